The summed E-state index contributed by atoms with van der Waals surface area (Å²) in [6.45, 7) is 1.39. The van der Waals surface area contributed by atoms with Gasteiger partial charge in [-0.3, -0.25) is 4.98 Å². The lowest BCUT2D eigenvalue weighted by Gasteiger charge is -2.13. The number of halogens is 6. The van der Waals surface area contributed by atoms with E-state index in [1.54, 1.807) is 30.6 Å². The minimum Gasteiger partial charge on any atom is -0.492 e. The van der Waals surface area contributed by atoms with Crippen molar-refractivity contribution in [3.63, 3.8) is 0 Å². The first-order chi connectivity index (χ1) is 21.1. The van der Waals surface area contributed by atoms with Crippen LogP contribution in [0.25, 0.3) is 44.0 Å². The molecule has 1 atom stereocenters. The van der Waals surface area contributed by atoms with Gasteiger partial charge in [-0.05, 0) is 67.3 Å². The molecule has 0 fully saturated rings. The Morgan fingerprint density at radius 3 is 2.18 bits per heavy atom. The number of aliphatic hydroxyl groups is 1. The third kappa shape index (κ3) is 8.38. The number of nitrogens with zero attached hydrogens (tertiary/aromatic N) is 3. The maximum absolute atomic E-state index is 13.1. The van der Waals surface area contributed by atoms with E-state index < -0.39 is 24.4 Å². The van der Waals surface area contributed by atoms with Gasteiger partial charge < -0.3 is 24.8 Å². The van der Waals surface area contributed by atoms with Crippen LogP contribution in [0.15, 0.2) is 72.4 Å². The number of imidazole rings is 1. The summed E-state index contributed by atoms with van der Waals surface area (Å²) in [5.41, 5.74) is 3.75. The Labute approximate surface area is 256 Å². The molecule has 1 unspecified atom stereocenters. The summed E-state index contributed by atoms with van der Waals surface area (Å²) in [6, 6.07) is 16.5. The van der Waals surface area contributed by atoms with Gasteiger partial charge in [-0.15, -0.1) is 11.3 Å². The van der Waals surface area contributed by atoms with Crippen LogP contribution in [0.5, 0.6) is 5.75 Å². The Balaban J connectivity index is 0.000000591. The Kier molecular flexibility index (Phi) is 10.2. The molecule has 238 valence electrons. The molecular weight excluding hydrogens is 626 g/mol. The van der Waals surface area contributed by atoms with Crippen LogP contribution in [0.1, 0.15) is 11.7 Å². The van der Waals surface area contributed by atoms with Gasteiger partial charge in [-0.2, -0.15) is 26.3 Å². The number of benzene rings is 2. The van der Waals surface area contributed by atoms with Gasteiger partial charge in [-0.1, -0.05) is 12.1 Å². The second-order valence-corrected chi connectivity index (χ2v) is 10.8. The zero-order valence-electron chi connectivity index (χ0n) is 23.6. The maximum Gasteiger partial charge on any atom is 0.490 e. The fourth-order valence-electron chi connectivity index (χ4n) is 4.09. The molecule has 0 spiro atoms. The molecule has 5 aromatic rings. The Bertz CT molecular complexity index is 1740. The minimum absolute atomic E-state index is 0.144. The number of carbonyl (C=O) groups is 1. The van der Waals surface area contributed by atoms with Crippen molar-refractivity contribution in [3.05, 3.63) is 77.9 Å². The molecule has 0 saturated heterocycles. The highest BCUT2D eigenvalue weighted by Gasteiger charge is 2.40. The number of hydrogen-bond donors (Lipinski definition) is 3. The van der Waals surface area contributed by atoms with E-state index in [4.69, 9.17) is 19.6 Å². The smallest absolute Gasteiger partial charge is 0.490 e. The third-order valence-corrected chi connectivity index (χ3v) is 7.30. The number of carboxylic acids is 1. The van der Waals surface area contributed by atoms with Gasteiger partial charge in [0.15, 0.2) is 6.10 Å². The van der Waals surface area contributed by atoms with Gasteiger partial charge in [0, 0.05) is 45.9 Å². The van der Waals surface area contributed by atoms with Crippen molar-refractivity contribution < 1.29 is 46.1 Å². The second-order valence-electron chi connectivity index (χ2n) is 9.87. The van der Waals surface area contributed by atoms with E-state index in [-0.39, 0.29) is 5.56 Å². The highest BCUT2D eigenvalue weighted by atomic mass is 32.1. The number of H-pyrrole nitrogens is 1. The maximum atomic E-state index is 13.1. The first-order valence-electron chi connectivity index (χ1n) is 13.1. The highest BCUT2D eigenvalue weighted by molar-refractivity contribution is 7.17. The monoisotopic (exact) mass is 652 g/mol. The lowest BCUT2D eigenvalue weighted by atomic mass is 10.0. The first-order valence-corrected chi connectivity index (χ1v) is 14.0. The molecule has 45 heavy (non-hydrogen) atoms. The van der Waals surface area contributed by atoms with Crippen LogP contribution in [0.4, 0.5) is 26.3 Å². The lowest BCUT2D eigenvalue weighted by molar-refractivity contribution is -0.206. The van der Waals surface area contributed by atoms with E-state index in [9.17, 15) is 31.4 Å². The summed E-state index contributed by atoms with van der Waals surface area (Å²) in [7, 11) is 3.98. The summed E-state index contributed by atoms with van der Waals surface area (Å²) in [6.07, 6.45) is -8.97. The van der Waals surface area contributed by atoms with Gasteiger partial charge in [-0.25, -0.2) is 9.78 Å². The largest absolute Gasteiger partial charge is 0.492 e. The molecule has 8 nitrogen and oxygen atoms in total. The molecule has 0 bridgehead atoms. The molecule has 5 rings (SSSR count). The number of rotatable bonds is 8. The summed E-state index contributed by atoms with van der Waals surface area (Å²) in [5.74, 6) is -1.35. The number of alkyl halides is 6. The molecule has 3 aromatic heterocycles. The summed E-state index contributed by atoms with van der Waals surface area (Å²) in [5, 5.41) is 18.6. The van der Waals surface area contributed by atoms with Crippen LogP contribution in [0, 0.1) is 0 Å². The number of nitrogens with one attached hydrogen (secondary N) is 1. The number of pyridine rings is 1. The van der Waals surface area contributed by atoms with E-state index in [2.05, 4.69) is 9.97 Å². The summed E-state index contributed by atoms with van der Waals surface area (Å²) < 4.78 is 77.6. The molecule has 15 heteroatoms. The van der Waals surface area contributed by atoms with Crippen molar-refractivity contribution in [1.29, 1.82) is 0 Å². The number of fused-ring (bicyclic) bond motifs is 1. The van der Waals surface area contributed by atoms with Gasteiger partial charge in [0.05, 0.1) is 11.4 Å². The van der Waals surface area contributed by atoms with E-state index in [0.717, 1.165) is 46.0 Å². The van der Waals surface area contributed by atoms with Crippen LogP contribution in [-0.4, -0.2) is 75.6 Å². The number of hydrogen-bond acceptors (Lipinski definition) is 7. The molecule has 0 aliphatic carbocycles. The Hall–Kier alpha value is -4.47. The van der Waals surface area contributed by atoms with E-state index >= 15 is 0 Å². The quantitative estimate of drug-likeness (QED) is 0.152. The molecule has 0 aliphatic heterocycles. The predicted octanol–water partition coefficient (Wildman–Crippen LogP) is 7.19. The van der Waals surface area contributed by atoms with Crippen LogP contribution in [0.2, 0.25) is 0 Å². The predicted molar refractivity (Wildman–Crippen MR) is 157 cm³/mol. The molecule has 3 heterocycles. The van der Waals surface area contributed by atoms with Gasteiger partial charge in [0.25, 0.3) is 0 Å². The number of aromatic nitrogens is 3. The average Bonchev–Trinajstić information content (AvgIpc) is 3.61. The molecule has 0 saturated carbocycles. The van der Waals surface area contributed by atoms with Gasteiger partial charge in [0.2, 0.25) is 0 Å². The zero-order chi connectivity index (χ0) is 32.9. The van der Waals surface area contributed by atoms with E-state index in [1.807, 2.05) is 55.4 Å². The standard InChI is InChI=1S/C28H25F3N4O2S.C2HF3O2/c1-35(2)13-14-37-20-6-3-18(4-7-20)27-33-24(17-9-11-32-12-10-17)25(34-27)19-5-8-21-22(16-38-23(21)15-19)26(36)28(29,30)31;3-2(4,5)1(6)7/h3-12,15-16,26,36H,13-14H2,1-2H3,(H,33,34);(H,6,7). The van der Waals surface area contributed by atoms with Crippen molar-refractivity contribution in [2.45, 2.75) is 18.5 Å². The molecule has 0 aliphatic rings. The SMILES string of the molecule is CN(C)CCOc1ccc(-c2nc(-c3ccc4c(C(O)C(F)(F)F)csc4c3)c(-c3ccncc3)[nH]2)cc1.O=C(O)C(F)(F)F. The number of aromatic amines is 1. The molecule has 2 aromatic carbocycles. The van der Waals surface area contributed by atoms with E-state index in [0.29, 0.717) is 28.2 Å². The number of ether oxygens (including phenoxy) is 1. The van der Waals surface area contributed by atoms with Crippen LogP contribution >= 0.6 is 11.3 Å². The van der Waals surface area contributed by atoms with Crippen LogP contribution < -0.4 is 4.74 Å². The number of thiophene rings is 1. The van der Waals surface area contributed by atoms with Crippen molar-refractivity contribution in [2.24, 2.45) is 0 Å². The first kappa shape index (κ1) is 33.4. The average molecular weight is 653 g/mol. The Morgan fingerprint density at radius 1 is 0.978 bits per heavy atom. The zero-order valence-corrected chi connectivity index (χ0v) is 24.5. The number of aliphatic carboxylic acids is 1. The fourth-order valence-corrected chi connectivity index (χ4v) is 5.10. The number of aliphatic hydroxyl groups excluding tert-OH is 1. The van der Waals surface area contributed by atoms with Crippen molar-refractivity contribution in [1.82, 2.24) is 19.9 Å². The highest BCUT2D eigenvalue weighted by Crippen LogP contribution is 2.41. The number of likely N-dealkylation sites (N-methyl/N-ethyl adjacent to an activating group) is 1. The summed E-state index contributed by atoms with van der Waals surface area (Å²) in [4.78, 5) is 23.3. The fraction of sp³-hybridized carbons (Fsp3) is 0.233. The van der Waals surface area contributed by atoms with Gasteiger partial charge >= 0.3 is 18.3 Å². The minimum atomic E-state index is -5.08. The third-order valence-electron chi connectivity index (χ3n) is 6.33. The molecule has 0 amide bonds. The van der Waals surface area contributed by atoms with E-state index in [1.165, 1.54) is 5.38 Å². The van der Waals surface area contributed by atoms with Gasteiger partial charge in [0.1, 0.15) is 18.2 Å². The Morgan fingerprint density at radius 2 is 1.60 bits per heavy atom. The topological polar surface area (TPSA) is 112 Å². The molecular formula is C30H26F6N4O4S. The van der Waals surface area contributed by atoms with Crippen molar-refractivity contribution in [3.8, 4) is 39.7 Å². The lowest BCUT2D eigenvalue weighted by Crippen LogP contribution is -2.21. The van der Waals surface area contributed by atoms with Crippen molar-refractivity contribution in [2.75, 3.05) is 27.2 Å². The summed E-state index contributed by atoms with van der Waals surface area (Å²) >= 11 is 1.16. The number of carboxylic acid groups (broad SMARTS) is 1. The normalized spacial score (nSPS) is 12.6. The molecule has 0 radical (unpaired) electrons. The molecule has 3 N–H and O–H groups in total. The second kappa shape index (κ2) is 13.7. The van der Waals surface area contributed by atoms with Crippen LogP contribution in [-0.2, 0) is 4.79 Å². The van der Waals surface area contributed by atoms with Crippen molar-refractivity contribution >= 4 is 27.4 Å². The van der Waals surface area contributed by atoms with Crippen LogP contribution in [0.3, 0.4) is 0 Å².